The standard InChI is InChI=1S/C30H31ClN6O2/c1-3-28(39)33-23-8-4-6-21(16-23)25-9-5-7-22-18-32-30(35-29(22)25)34-24-10-11-27(26(31)17-24)37-14-12-36(13-15-37)19-20(2)38/h3-11,16-18,20,38H,1,12-15,19H2,2H3,(H,33,39)(H,32,34,35). The van der Waals surface area contributed by atoms with Crippen LogP contribution in [0.3, 0.4) is 0 Å². The van der Waals surface area contributed by atoms with Crippen molar-refractivity contribution < 1.29 is 9.90 Å². The fraction of sp³-hybridized carbons (Fsp3) is 0.233. The second-order valence-electron chi connectivity index (χ2n) is 9.64. The Kier molecular flexibility index (Phi) is 8.07. The highest BCUT2D eigenvalue weighted by Gasteiger charge is 2.20. The fourth-order valence-electron chi connectivity index (χ4n) is 4.82. The van der Waals surface area contributed by atoms with Crippen molar-refractivity contribution in [1.82, 2.24) is 14.9 Å². The largest absolute Gasteiger partial charge is 0.392 e. The van der Waals surface area contributed by atoms with Crippen molar-refractivity contribution in [3.63, 3.8) is 0 Å². The van der Waals surface area contributed by atoms with Gasteiger partial charge in [0.1, 0.15) is 0 Å². The molecule has 2 heterocycles. The zero-order valence-electron chi connectivity index (χ0n) is 21.8. The molecule has 1 aromatic heterocycles. The molecule has 1 unspecified atom stereocenters. The number of nitrogens with one attached hydrogen (secondary N) is 2. The first kappa shape index (κ1) is 26.6. The van der Waals surface area contributed by atoms with Crippen LogP contribution in [-0.2, 0) is 4.79 Å². The Morgan fingerprint density at radius 1 is 1.10 bits per heavy atom. The molecule has 1 aliphatic heterocycles. The fourth-order valence-corrected chi connectivity index (χ4v) is 5.12. The summed E-state index contributed by atoms with van der Waals surface area (Å²) in [5.41, 5.74) is 5.11. The van der Waals surface area contributed by atoms with Gasteiger partial charge in [-0.2, -0.15) is 0 Å². The minimum Gasteiger partial charge on any atom is -0.392 e. The number of anilines is 4. The number of carbonyl (C=O) groups is 1. The molecular formula is C30H31ClN6O2. The van der Waals surface area contributed by atoms with Gasteiger partial charge in [-0.3, -0.25) is 9.69 Å². The normalized spacial score (nSPS) is 14.7. The van der Waals surface area contributed by atoms with Gasteiger partial charge in [-0.15, -0.1) is 0 Å². The summed E-state index contributed by atoms with van der Waals surface area (Å²) in [5, 5.41) is 17.3. The number of nitrogens with zero attached hydrogens (tertiary/aromatic N) is 4. The quantitative estimate of drug-likeness (QED) is 0.259. The number of rotatable bonds is 8. The van der Waals surface area contributed by atoms with Crippen molar-refractivity contribution in [2.75, 3.05) is 48.3 Å². The summed E-state index contributed by atoms with van der Waals surface area (Å²) in [6.07, 6.45) is 2.71. The monoisotopic (exact) mass is 542 g/mol. The Morgan fingerprint density at radius 3 is 2.64 bits per heavy atom. The molecule has 0 radical (unpaired) electrons. The molecule has 0 bridgehead atoms. The molecule has 5 rings (SSSR count). The van der Waals surface area contributed by atoms with E-state index in [2.05, 4.69) is 32.0 Å². The van der Waals surface area contributed by atoms with E-state index in [0.29, 0.717) is 23.2 Å². The first-order valence-electron chi connectivity index (χ1n) is 12.9. The Hall–Kier alpha value is -3.98. The molecule has 1 fully saturated rings. The van der Waals surface area contributed by atoms with Crippen LogP contribution in [0.2, 0.25) is 5.02 Å². The molecule has 0 aliphatic carbocycles. The van der Waals surface area contributed by atoms with Gasteiger partial charge in [0.2, 0.25) is 11.9 Å². The summed E-state index contributed by atoms with van der Waals surface area (Å²) in [6.45, 7) is 9.50. The number of benzene rings is 3. The number of para-hydroxylation sites is 1. The Balaban J connectivity index is 1.35. The highest BCUT2D eigenvalue weighted by molar-refractivity contribution is 6.33. The molecule has 39 heavy (non-hydrogen) atoms. The lowest BCUT2D eigenvalue weighted by molar-refractivity contribution is -0.111. The lowest BCUT2D eigenvalue weighted by Gasteiger charge is -2.37. The van der Waals surface area contributed by atoms with Crippen molar-refractivity contribution >= 4 is 51.4 Å². The van der Waals surface area contributed by atoms with Crippen molar-refractivity contribution in [3.8, 4) is 11.1 Å². The van der Waals surface area contributed by atoms with Crippen LogP contribution in [-0.4, -0.2) is 64.7 Å². The van der Waals surface area contributed by atoms with Gasteiger partial charge in [0.05, 0.1) is 22.3 Å². The summed E-state index contributed by atoms with van der Waals surface area (Å²) in [4.78, 5) is 25.6. The van der Waals surface area contributed by atoms with E-state index in [9.17, 15) is 9.90 Å². The number of aromatic nitrogens is 2. The van der Waals surface area contributed by atoms with E-state index in [-0.39, 0.29) is 12.0 Å². The Labute approximate surface area is 232 Å². The second kappa shape index (κ2) is 11.8. The predicted molar refractivity (Wildman–Crippen MR) is 159 cm³/mol. The van der Waals surface area contributed by atoms with Crippen molar-refractivity contribution in [1.29, 1.82) is 0 Å². The lowest BCUT2D eigenvalue weighted by Crippen LogP contribution is -2.48. The van der Waals surface area contributed by atoms with Gasteiger partial charge < -0.3 is 20.6 Å². The molecule has 1 atom stereocenters. The first-order chi connectivity index (χ1) is 18.9. The van der Waals surface area contributed by atoms with Crippen molar-refractivity contribution in [3.05, 3.63) is 84.5 Å². The number of aliphatic hydroxyl groups excluding tert-OH is 1. The van der Waals surface area contributed by atoms with Crippen LogP contribution in [0, 0.1) is 0 Å². The van der Waals surface area contributed by atoms with Crippen molar-refractivity contribution in [2.45, 2.75) is 13.0 Å². The number of halogens is 1. The summed E-state index contributed by atoms with van der Waals surface area (Å²) in [5.74, 6) is 0.198. The maximum Gasteiger partial charge on any atom is 0.247 e. The number of hydrogen-bond donors (Lipinski definition) is 3. The molecule has 3 N–H and O–H groups in total. The Morgan fingerprint density at radius 2 is 1.90 bits per heavy atom. The van der Waals surface area contributed by atoms with Crippen LogP contribution >= 0.6 is 11.6 Å². The average molecular weight is 543 g/mol. The SMILES string of the molecule is C=CC(=O)Nc1cccc(-c2cccc3cnc(Nc4ccc(N5CCN(CC(C)O)CC5)c(Cl)c4)nc23)c1. The third kappa shape index (κ3) is 6.37. The van der Waals surface area contributed by atoms with Gasteiger partial charge in [0, 0.05) is 61.2 Å². The maximum atomic E-state index is 11.8. The van der Waals surface area contributed by atoms with E-state index in [1.165, 1.54) is 6.08 Å². The lowest BCUT2D eigenvalue weighted by atomic mass is 10.0. The van der Waals surface area contributed by atoms with Crippen molar-refractivity contribution in [2.24, 2.45) is 0 Å². The van der Waals surface area contributed by atoms with Gasteiger partial charge in [-0.25, -0.2) is 9.97 Å². The van der Waals surface area contributed by atoms with Crippen LogP contribution in [0.1, 0.15) is 6.92 Å². The van der Waals surface area contributed by atoms with E-state index < -0.39 is 0 Å². The van der Waals surface area contributed by atoms with Crippen LogP contribution in [0.4, 0.5) is 23.0 Å². The van der Waals surface area contributed by atoms with E-state index >= 15 is 0 Å². The number of piperazine rings is 1. The molecule has 4 aromatic rings. The van der Waals surface area contributed by atoms with Gasteiger partial charge in [-0.05, 0) is 48.9 Å². The third-order valence-electron chi connectivity index (χ3n) is 6.68. The zero-order chi connectivity index (χ0) is 27.4. The molecule has 0 spiro atoms. The molecule has 0 saturated carbocycles. The number of aliphatic hydroxyl groups is 1. The number of hydrogen-bond acceptors (Lipinski definition) is 7. The average Bonchev–Trinajstić information content (AvgIpc) is 2.93. The molecular weight excluding hydrogens is 512 g/mol. The number of amides is 1. The predicted octanol–water partition coefficient (Wildman–Crippen LogP) is 5.32. The Bertz CT molecular complexity index is 1500. The highest BCUT2D eigenvalue weighted by atomic mass is 35.5. The van der Waals surface area contributed by atoms with Gasteiger partial charge in [0.25, 0.3) is 0 Å². The van der Waals surface area contributed by atoms with E-state index in [4.69, 9.17) is 16.6 Å². The van der Waals surface area contributed by atoms with Gasteiger partial charge >= 0.3 is 0 Å². The molecule has 8 nitrogen and oxygen atoms in total. The zero-order valence-corrected chi connectivity index (χ0v) is 22.5. The second-order valence-corrected chi connectivity index (χ2v) is 10.0. The van der Waals surface area contributed by atoms with Crippen LogP contribution in [0.15, 0.2) is 79.5 Å². The molecule has 200 valence electrons. The van der Waals surface area contributed by atoms with Gasteiger partial charge in [-0.1, -0.05) is 48.5 Å². The summed E-state index contributed by atoms with van der Waals surface area (Å²) in [7, 11) is 0. The molecule has 3 aromatic carbocycles. The van der Waals surface area contributed by atoms with Crippen LogP contribution in [0.25, 0.3) is 22.0 Å². The smallest absolute Gasteiger partial charge is 0.247 e. The molecule has 1 aliphatic rings. The maximum absolute atomic E-state index is 11.8. The van der Waals surface area contributed by atoms with E-state index in [1.807, 2.05) is 67.6 Å². The van der Waals surface area contributed by atoms with E-state index in [1.54, 1.807) is 6.20 Å². The molecule has 9 heteroatoms. The number of fused-ring (bicyclic) bond motifs is 1. The number of β-amino-alcohol motifs (C(OH)–C–C–N with tert-alkyl or cyclic N) is 1. The summed E-state index contributed by atoms with van der Waals surface area (Å²) < 4.78 is 0. The highest BCUT2D eigenvalue weighted by Crippen LogP contribution is 2.32. The summed E-state index contributed by atoms with van der Waals surface area (Å²) in [6, 6.07) is 19.4. The minimum absolute atomic E-state index is 0.262. The third-order valence-corrected chi connectivity index (χ3v) is 6.98. The minimum atomic E-state index is -0.325. The summed E-state index contributed by atoms with van der Waals surface area (Å²) >= 11 is 6.70. The van der Waals surface area contributed by atoms with Crippen LogP contribution < -0.4 is 15.5 Å². The number of carbonyl (C=O) groups excluding carboxylic acids is 1. The van der Waals surface area contributed by atoms with E-state index in [0.717, 1.165) is 59.6 Å². The van der Waals surface area contributed by atoms with Crippen LogP contribution in [0.5, 0.6) is 0 Å². The van der Waals surface area contributed by atoms with Gasteiger partial charge in [0.15, 0.2) is 0 Å². The molecule has 1 saturated heterocycles. The topological polar surface area (TPSA) is 93.6 Å². The molecule has 1 amide bonds. The first-order valence-corrected chi connectivity index (χ1v) is 13.3.